The molecule has 0 radical (unpaired) electrons. The van der Waals surface area contributed by atoms with Crippen LogP contribution in [0.4, 0.5) is 0 Å². The lowest BCUT2D eigenvalue weighted by Crippen LogP contribution is -2.10. The Hall–Kier alpha value is -1.02. The summed E-state index contributed by atoms with van der Waals surface area (Å²) in [4.78, 5) is 4.71. The number of fused-ring (bicyclic) bond motifs is 1. The van der Waals surface area contributed by atoms with E-state index in [1.807, 2.05) is 6.07 Å². The number of halogens is 1. The van der Waals surface area contributed by atoms with Crippen molar-refractivity contribution in [2.45, 2.75) is 45.6 Å². The summed E-state index contributed by atoms with van der Waals surface area (Å²) in [5.41, 5.74) is 2.32. The number of rotatable bonds is 6. The van der Waals surface area contributed by atoms with Gasteiger partial charge in [0.25, 0.3) is 0 Å². The van der Waals surface area contributed by atoms with Crippen LogP contribution in [0.15, 0.2) is 24.3 Å². The molecule has 1 unspecified atom stereocenters. The van der Waals surface area contributed by atoms with Gasteiger partial charge in [-0.2, -0.15) is 0 Å². The van der Waals surface area contributed by atoms with Crippen LogP contribution < -0.4 is 0 Å². The van der Waals surface area contributed by atoms with Gasteiger partial charge in [-0.15, -0.1) is 11.6 Å². The minimum Gasteiger partial charge on any atom is -0.325 e. The van der Waals surface area contributed by atoms with E-state index < -0.39 is 0 Å². The number of aromatic nitrogens is 2. The van der Waals surface area contributed by atoms with E-state index in [4.69, 9.17) is 16.6 Å². The Morgan fingerprint density at radius 2 is 2.11 bits per heavy atom. The van der Waals surface area contributed by atoms with Crippen molar-refractivity contribution in [1.29, 1.82) is 0 Å². The third kappa shape index (κ3) is 2.69. The maximum atomic E-state index is 5.89. The number of para-hydroxylation sites is 2. The smallest absolute Gasteiger partial charge is 0.111 e. The summed E-state index contributed by atoms with van der Waals surface area (Å²) < 4.78 is 2.37. The first-order chi connectivity index (χ1) is 8.77. The van der Waals surface area contributed by atoms with Gasteiger partial charge in [-0.25, -0.2) is 4.98 Å². The molecule has 0 aliphatic rings. The SMILES string of the molecule is CCCCC(C)n1c(CCCl)nc2ccccc21. The summed E-state index contributed by atoms with van der Waals surface area (Å²) in [6.45, 7) is 4.51. The van der Waals surface area contributed by atoms with Gasteiger partial charge in [-0.05, 0) is 25.5 Å². The van der Waals surface area contributed by atoms with E-state index in [2.05, 4.69) is 36.6 Å². The third-order valence-corrected chi connectivity index (χ3v) is 3.59. The van der Waals surface area contributed by atoms with E-state index in [-0.39, 0.29) is 0 Å². The molecule has 0 N–H and O–H groups in total. The molecule has 0 spiro atoms. The molecule has 0 aliphatic heterocycles. The molecular formula is C15H21ClN2. The quantitative estimate of drug-likeness (QED) is 0.699. The van der Waals surface area contributed by atoms with Gasteiger partial charge in [0.05, 0.1) is 11.0 Å². The van der Waals surface area contributed by atoms with Gasteiger partial charge in [-0.3, -0.25) is 0 Å². The molecule has 1 atom stereocenters. The van der Waals surface area contributed by atoms with Crippen LogP contribution in [-0.4, -0.2) is 15.4 Å². The maximum absolute atomic E-state index is 5.89. The summed E-state index contributed by atoms with van der Waals surface area (Å²) in [5.74, 6) is 1.75. The molecule has 18 heavy (non-hydrogen) atoms. The molecule has 0 amide bonds. The van der Waals surface area contributed by atoms with E-state index >= 15 is 0 Å². The topological polar surface area (TPSA) is 17.8 Å². The van der Waals surface area contributed by atoms with E-state index in [0.29, 0.717) is 11.9 Å². The first kappa shape index (κ1) is 13.4. The van der Waals surface area contributed by atoms with Gasteiger partial charge < -0.3 is 4.57 Å². The molecule has 1 heterocycles. The van der Waals surface area contributed by atoms with Crippen LogP contribution in [0.25, 0.3) is 11.0 Å². The van der Waals surface area contributed by atoms with Crippen LogP contribution in [0.5, 0.6) is 0 Å². The van der Waals surface area contributed by atoms with Crippen LogP contribution in [0.1, 0.15) is 45.0 Å². The highest BCUT2D eigenvalue weighted by Gasteiger charge is 2.14. The molecule has 0 saturated heterocycles. The summed E-state index contributed by atoms with van der Waals surface area (Å²) in [6.07, 6.45) is 4.54. The lowest BCUT2D eigenvalue weighted by molar-refractivity contribution is 0.482. The fourth-order valence-corrected chi connectivity index (χ4v) is 2.64. The molecule has 1 aromatic carbocycles. The molecule has 0 fully saturated rings. The van der Waals surface area contributed by atoms with Crippen molar-refractivity contribution < 1.29 is 0 Å². The van der Waals surface area contributed by atoms with E-state index in [0.717, 1.165) is 17.8 Å². The predicted octanol–water partition coefficient (Wildman–Crippen LogP) is 4.57. The van der Waals surface area contributed by atoms with Crippen LogP contribution in [0.3, 0.4) is 0 Å². The number of unbranched alkanes of at least 4 members (excludes halogenated alkanes) is 1. The monoisotopic (exact) mass is 264 g/mol. The second kappa shape index (κ2) is 6.24. The Bertz CT molecular complexity index is 504. The molecule has 2 rings (SSSR count). The summed E-state index contributed by atoms with van der Waals surface area (Å²) in [6, 6.07) is 8.85. The summed E-state index contributed by atoms with van der Waals surface area (Å²) in [7, 11) is 0. The van der Waals surface area contributed by atoms with Crippen LogP contribution >= 0.6 is 11.6 Å². The third-order valence-electron chi connectivity index (χ3n) is 3.40. The van der Waals surface area contributed by atoms with Crippen molar-refractivity contribution in [3.8, 4) is 0 Å². The lowest BCUT2D eigenvalue weighted by Gasteiger charge is -2.17. The Morgan fingerprint density at radius 3 is 2.83 bits per heavy atom. The number of aryl methyl sites for hydroxylation is 1. The molecule has 2 aromatic rings. The molecule has 2 nitrogen and oxygen atoms in total. The molecule has 0 bridgehead atoms. The summed E-state index contributed by atoms with van der Waals surface area (Å²) >= 11 is 5.89. The van der Waals surface area contributed by atoms with Gasteiger partial charge >= 0.3 is 0 Å². The van der Waals surface area contributed by atoms with Crippen molar-refractivity contribution in [3.05, 3.63) is 30.1 Å². The van der Waals surface area contributed by atoms with Crippen molar-refractivity contribution in [2.75, 3.05) is 5.88 Å². The van der Waals surface area contributed by atoms with Crippen molar-refractivity contribution >= 4 is 22.6 Å². The lowest BCUT2D eigenvalue weighted by atomic mass is 10.1. The molecule has 3 heteroatoms. The number of hydrogen-bond acceptors (Lipinski definition) is 1. The Labute approximate surface area is 114 Å². The van der Waals surface area contributed by atoms with Gasteiger partial charge in [-0.1, -0.05) is 31.9 Å². The Kier molecular flexibility index (Phi) is 4.65. The molecular weight excluding hydrogens is 244 g/mol. The van der Waals surface area contributed by atoms with E-state index in [1.54, 1.807) is 0 Å². The Morgan fingerprint density at radius 1 is 1.33 bits per heavy atom. The zero-order valence-corrected chi connectivity index (χ0v) is 12.0. The fraction of sp³-hybridized carbons (Fsp3) is 0.533. The molecule has 98 valence electrons. The van der Waals surface area contributed by atoms with Crippen LogP contribution in [0.2, 0.25) is 0 Å². The van der Waals surface area contributed by atoms with Crippen LogP contribution in [0, 0.1) is 0 Å². The number of hydrogen-bond donors (Lipinski definition) is 0. The molecule has 0 saturated carbocycles. The van der Waals surface area contributed by atoms with Gasteiger partial charge in [0, 0.05) is 18.3 Å². The van der Waals surface area contributed by atoms with E-state index in [9.17, 15) is 0 Å². The van der Waals surface area contributed by atoms with Gasteiger partial charge in [0.1, 0.15) is 5.82 Å². The highest BCUT2D eigenvalue weighted by Crippen LogP contribution is 2.24. The zero-order valence-electron chi connectivity index (χ0n) is 11.2. The number of nitrogens with zero attached hydrogens (tertiary/aromatic N) is 2. The molecule has 0 aliphatic carbocycles. The maximum Gasteiger partial charge on any atom is 0.111 e. The first-order valence-electron chi connectivity index (χ1n) is 6.79. The van der Waals surface area contributed by atoms with E-state index in [1.165, 1.54) is 24.8 Å². The van der Waals surface area contributed by atoms with Crippen molar-refractivity contribution in [3.63, 3.8) is 0 Å². The standard InChI is InChI=1S/C15H21ClN2/c1-3-4-7-12(2)18-14-9-6-5-8-13(14)17-15(18)10-11-16/h5-6,8-9,12H,3-4,7,10-11H2,1-2H3. The molecule has 1 aromatic heterocycles. The normalized spacial score (nSPS) is 13.1. The van der Waals surface area contributed by atoms with Crippen LogP contribution in [-0.2, 0) is 6.42 Å². The second-order valence-electron chi connectivity index (χ2n) is 4.82. The van der Waals surface area contributed by atoms with Gasteiger partial charge in [0.15, 0.2) is 0 Å². The zero-order chi connectivity index (χ0) is 13.0. The number of imidazole rings is 1. The predicted molar refractivity (Wildman–Crippen MR) is 78.4 cm³/mol. The number of benzene rings is 1. The first-order valence-corrected chi connectivity index (χ1v) is 7.33. The fourth-order valence-electron chi connectivity index (χ4n) is 2.48. The van der Waals surface area contributed by atoms with Crippen molar-refractivity contribution in [1.82, 2.24) is 9.55 Å². The second-order valence-corrected chi connectivity index (χ2v) is 5.19. The largest absolute Gasteiger partial charge is 0.325 e. The summed E-state index contributed by atoms with van der Waals surface area (Å²) in [5, 5.41) is 0. The van der Waals surface area contributed by atoms with Gasteiger partial charge in [0.2, 0.25) is 0 Å². The average Bonchev–Trinajstić information content (AvgIpc) is 2.74. The number of alkyl halides is 1. The minimum atomic E-state index is 0.496. The average molecular weight is 265 g/mol. The minimum absolute atomic E-state index is 0.496. The highest BCUT2D eigenvalue weighted by atomic mass is 35.5. The highest BCUT2D eigenvalue weighted by molar-refractivity contribution is 6.17. The van der Waals surface area contributed by atoms with Crippen molar-refractivity contribution in [2.24, 2.45) is 0 Å². The Balaban J connectivity index is 2.40.